The zero-order valence-corrected chi connectivity index (χ0v) is 18.2. The van der Waals surface area contributed by atoms with Crippen molar-refractivity contribution in [2.75, 3.05) is 6.61 Å². The molecular formula is C18H31IO3Si. The summed E-state index contributed by atoms with van der Waals surface area (Å²) >= 11 is 2.24. The molecule has 0 aromatic carbocycles. The van der Waals surface area contributed by atoms with E-state index in [1.165, 1.54) is 0 Å². The molecule has 132 valence electrons. The summed E-state index contributed by atoms with van der Waals surface area (Å²) in [5.41, 5.74) is -0.758. The summed E-state index contributed by atoms with van der Waals surface area (Å²) in [6.07, 6.45) is 9.40. The molecule has 0 radical (unpaired) electrons. The molecule has 2 aliphatic heterocycles. The van der Waals surface area contributed by atoms with Gasteiger partial charge >= 0.3 is 0 Å². The summed E-state index contributed by atoms with van der Waals surface area (Å²) in [5.74, 6) is 0. The highest BCUT2D eigenvalue weighted by molar-refractivity contribution is 14.1. The Morgan fingerprint density at radius 2 is 1.91 bits per heavy atom. The predicted molar refractivity (Wildman–Crippen MR) is 106 cm³/mol. The molecule has 3 nitrogen and oxygen atoms in total. The second-order valence-corrected chi connectivity index (χ2v) is 14.1. The van der Waals surface area contributed by atoms with Gasteiger partial charge in [-0.05, 0) is 35.1 Å². The lowest BCUT2D eigenvalue weighted by Gasteiger charge is -2.45. The van der Waals surface area contributed by atoms with E-state index < -0.39 is 13.9 Å². The van der Waals surface area contributed by atoms with Gasteiger partial charge in [0.25, 0.3) is 0 Å². The van der Waals surface area contributed by atoms with Crippen molar-refractivity contribution in [2.45, 2.75) is 81.9 Å². The highest BCUT2D eigenvalue weighted by atomic mass is 127. The van der Waals surface area contributed by atoms with Crippen molar-refractivity contribution in [3.63, 3.8) is 0 Å². The fraction of sp³-hybridized carbons (Fsp3) is 0.778. The molecule has 1 N–H and O–H groups in total. The molecule has 0 saturated carbocycles. The number of aliphatic hydroxyl groups is 1. The molecule has 5 heteroatoms. The standard InChI is InChI=1S/C18H31IO3Si/c1-16(2,3)23(4,5)21-14-18-10-9-17(22-18,8-6-7-11-19)12-15(20)13-18/h7,9-11,15,20H,6,8,12-14H2,1-5H3/b11-7-/t15-,17+,18-/m0/s1. The normalized spacial score (nSPS) is 34.5. The summed E-state index contributed by atoms with van der Waals surface area (Å²) in [4.78, 5) is 0. The molecule has 1 saturated heterocycles. The van der Waals surface area contributed by atoms with Crippen LogP contribution in [0.5, 0.6) is 0 Å². The Balaban J connectivity index is 2.06. The van der Waals surface area contributed by atoms with Gasteiger partial charge in [-0.1, -0.05) is 61.6 Å². The van der Waals surface area contributed by atoms with Gasteiger partial charge in [0.15, 0.2) is 8.32 Å². The van der Waals surface area contributed by atoms with E-state index in [1.54, 1.807) is 0 Å². The molecular weight excluding hydrogens is 419 g/mol. The predicted octanol–water partition coefficient (Wildman–Crippen LogP) is 4.96. The molecule has 1 fully saturated rings. The minimum absolute atomic E-state index is 0.182. The molecule has 3 atom stereocenters. The van der Waals surface area contributed by atoms with Crippen molar-refractivity contribution in [3.8, 4) is 0 Å². The molecule has 2 aliphatic rings. The molecule has 0 unspecified atom stereocenters. The fourth-order valence-corrected chi connectivity index (χ4v) is 4.55. The number of halogens is 1. The Kier molecular flexibility index (Phi) is 5.89. The van der Waals surface area contributed by atoms with Crippen LogP contribution in [0.15, 0.2) is 22.3 Å². The zero-order valence-electron chi connectivity index (χ0n) is 15.1. The molecule has 0 spiro atoms. The number of hydrogen-bond acceptors (Lipinski definition) is 3. The second-order valence-electron chi connectivity index (χ2n) is 8.58. The minimum atomic E-state index is -1.82. The molecule has 0 amide bonds. The monoisotopic (exact) mass is 450 g/mol. The van der Waals surface area contributed by atoms with E-state index in [0.717, 1.165) is 12.8 Å². The van der Waals surface area contributed by atoms with Crippen molar-refractivity contribution in [3.05, 3.63) is 22.3 Å². The zero-order chi connectivity index (χ0) is 17.4. The molecule has 23 heavy (non-hydrogen) atoms. The van der Waals surface area contributed by atoms with E-state index in [0.29, 0.717) is 19.4 Å². The smallest absolute Gasteiger partial charge is 0.192 e. The van der Waals surface area contributed by atoms with Crippen LogP contribution in [0, 0.1) is 0 Å². The maximum atomic E-state index is 10.4. The van der Waals surface area contributed by atoms with E-state index >= 15 is 0 Å². The Morgan fingerprint density at radius 1 is 1.30 bits per heavy atom. The van der Waals surface area contributed by atoms with Crippen LogP contribution in [0.3, 0.4) is 0 Å². The number of rotatable bonds is 6. The van der Waals surface area contributed by atoms with E-state index in [-0.39, 0.29) is 16.7 Å². The number of fused-ring (bicyclic) bond motifs is 2. The van der Waals surface area contributed by atoms with Crippen LogP contribution < -0.4 is 0 Å². The van der Waals surface area contributed by atoms with Crippen molar-refractivity contribution in [1.29, 1.82) is 0 Å². The van der Waals surface area contributed by atoms with Gasteiger partial charge in [-0.3, -0.25) is 0 Å². The van der Waals surface area contributed by atoms with E-state index in [1.807, 2.05) is 4.08 Å². The summed E-state index contributed by atoms with van der Waals surface area (Å²) < 4.78 is 14.9. The lowest BCUT2D eigenvalue weighted by atomic mass is 9.87. The van der Waals surface area contributed by atoms with Crippen LogP contribution in [-0.2, 0) is 9.16 Å². The number of aliphatic hydroxyl groups excluding tert-OH is 1. The first-order valence-corrected chi connectivity index (χ1v) is 12.7. The van der Waals surface area contributed by atoms with E-state index in [2.05, 4.69) is 74.7 Å². The van der Waals surface area contributed by atoms with Crippen LogP contribution in [0.25, 0.3) is 0 Å². The van der Waals surface area contributed by atoms with Crippen LogP contribution in [-0.4, -0.2) is 37.3 Å². The summed E-state index contributed by atoms with van der Waals surface area (Å²) in [6.45, 7) is 11.8. The van der Waals surface area contributed by atoms with Crippen LogP contribution >= 0.6 is 22.6 Å². The lowest BCUT2D eigenvalue weighted by molar-refractivity contribution is -0.173. The number of ether oxygens (including phenoxy) is 1. The molecule has 0 aromatic heterocycles. The van der Waals surface area contributed by atoms with Gasteiger partial charge in [0.1, 0.15) is 5.60 Å². The highest BCUT2D eigenvalue weighted by Crippen LogP contribution is 2.47. The van der Waals surface area contributed by atoms with E-state index in [4.69, 9.17) is 9.16 Å². The topological polar surface area (TPSA) is 38.7 Å². The fourth-order valence-electron chi connectivity index (χ4n) is 3.15. The van der Waals surface area contributed by atoms with Gasteiger partial charge in [0.05, 0.1) is 18.3 Å². The number of hydrogen-bond donors (Lipinski definition) is 1. The third kappa shape index (κ3) is 4.48. The maximum absolute atomic E-state index is 10.4. The van der Waals surface area contributed by atoms with Gasteiger partial charge in [0.2, 0.25) is 0 Å². The van der Waals surface area contributed by atoms with Gasteiger partial charge in [0, 0.05) is 12.8 Å². The second kappa shape index (κ2) is 6.90. The van der Waals surface area contributed by atoms with E-state index in [9.17, 15) is 5.11 Å². The first kappa shape index (κ1) is 19.6. The largest absolute Gasteiger partial charge is 0.414 e. The lowest BCUT2D eigenvalue weighted by Crippen LogP contribution is -2.52. The van der Waals surface area contributed by atoms with Crippen molar-refractivity contribution in [2.24, 2.45) is 0 Å². The molecule has 2 bridgehead atoms. The summed E-state index contributed by atoms with van der Waals surface area (Å²) in [6, 6.07) is 0. The van der Waals surface area contributed by atoms with Gasteiger partial charge in [-0.25, -0.2) is 0 Å². The molecule has 0 aliphatic carbocycles. The Hall–Kier alpha value is 0.307. The molecule has 0 aromatic rings. The number of allylic oxidation sites excluding steroid dienone is 1. The highest BCUT2D eigenvalue weighted by Gasteiger charge is 2.52. The quantitative estimate of drug-likeness (QED) is 0.353. The van der Waals surface area contributed by atoms with Crippen LogP contribution in [0.2, 0.25) is 18.1 Å². The Labute approximate surface area is 155 Å². The third-order valence-electron chi connectivity index (χ3n) is 5.57. The van der Waals surface area contributed by atoms with Crippen LogP contribution in [0.4, 0.5) is 0 Å². The van der Waals surface area contributed by atoms with Gasteiger partial charge < -0.3 is 14.3 Å². The SMILES string of the molecule is CC(C)(C)[Si](C)(C)OC[C@]12C=C[C@](CC/C=C\I)(C[C@H](O)C1)O2. The third-order valence-corrected chi connectivity index (χ3v) is 10.6. The average Bonchev–Trinajstić information content (AvgIpc) is 2.69. The van der Waals surface area contributed by atoms with Gasteiger partial charge in [-0.15, -0.1) is 0 Å². The summed E-state index contributed by atoms with van der Waals surface area (Å²) in [7, 11) is -1.82. The Morgan fingerprint density at radius 3 is 2.52 bits per heavy atom. The van der Waals surface area contributed by atoms with Crippen molar-refractivity contribution < 1.29 is 14.3 Å². The van der Waals surface area contributed by atoms with Gasteiger partial charge in [-0.2, -0.15) is 0 Å². The van der Waals surface area contributed by atoms with Crippen molar-refractivity contribution in [1.82, 2.24) is 0 Å². The first-order chi connectivity index (χ1) is 10.5. The van der Waals surface area contributed by atoms with Crippen LogP contribution in [0.1, 0.15) is 46.5 Å². The molecule has 2 heterocycles. The Bertz CT molecular complexity index is 483. The minimum Gasteiger partial charge on any atom is -0.414 e. The maximum Gasteiger partial charge on any atom is 0.192 e. The average molecular weight is 450 g/mol. The molecule has 2 rings (SSSR count). The first-order valence-electron chi connectivity index (χ1n) is 8.51. The summed E-state index contributed by atoms with van der Waals surface area (Å²) in [5, 5.41) is 10.6. The van der Waals surface area contributed by atoms with Crippen molar-refractivity contribution >= 4 is 30.9 Å².